The summed E-state index contributed by atoms with van der Waals surface area (Å²) in [7, 11) is 0. The second-order valence-corrected chi connectivity index (χ2v) is 7.58. The third kappa shape index (κ3) is 4.81. The van der Waals surface area contributed by atoms with Crippen molar-refractivity contribution in [2.75, 3.05) is 0 Å². The SMILES string of the molecule is CCC(C)(S)N(C(=O)OCc1ccc(F)cc1)C(C)(S)CC. The number of nitrogens with zero attached hydrogens (tertiary/aromatic N) is 1. The van der Waals surface area contributed by atoms with Gasteiger partial charge in [0.2, 0.25) is 0 Å². The molecule has 0 aliphatic carbocycles. The highest BCUT2D eigenvalue weighted by Gasteiger charge is 2.42. The predicted molar refractivity (Wildman–Crippen MR) is 93.8 cm³/mol. The third-order valence-electron chi connectivity index (χ3n) is 3.76. The van der Waals surface area contributed by atoms with Crippen molar-refractivity contribution >= 4 is 31.4 Å². The van der Waals surface area contributed by atoms with Crippen molar-refractivity contribution < 1.29 is 13.9 Å². The minimum absolute atomic E-state index is 0.0801. The van der Waals surface area contributed by atoms with Crippen molar-refractivity contribution in [2.45, 2.75) is 56.9 Å². The number of hydrogen-bond donors (Lipinski definition) is 2. The van der Waals surface area contributed by atoms with E-state index in [0.29, 0.717) is 12.8 Å². The quantitative estimate of drug-likeness (QED) is 0.569. The minimum Gasteiger partial charge on any atom is -0.444 e. The van der Waals surface area contributed by atoms with Crippen LogP contribution in [-0.4, -0.2) is 20.7 Å². The second kappa shape index (κ2) is 7.59. The Balaban J connectivity index is 2.87. The van der Waals surface area contributed by atoms with Crippen molar-refractivity contribution in [1.82, 2.24) is 4.90 Å². The van der Waals surface area contributed by atoms with Crippen LogP contribution >= 0.6 is 25.3 Å². The van der Waals surface area contributed by atoms with Gasteiger partial charge in [-0.1, -0.05) is 26.0 Å². The molecule has 0 radical (unpaired) electrons. The Morgan fingerprint density at radius 3 is 2.00 bits per heavy atom. The molecule has 0 fully saturated rings. The van der Waals surface area contributed by atoms with Crippen LogP contribution in [0.2, 0.25) is 0 Å². The molecule has 0 aliphatic rings. The second-order valence-electron chi connectivity index (χ2n) is 5.66. The first-order chi connectivity index (χ1) is 10.1. The van der Waals surface area contributed by atoms with Gasteiger partial charge < -0.3 is 4.74 Å². The average molecular weight is 346 g/mol. The summed E-state index contributed by atoms with van der Waals surface area (Å²) in [4.78, 5) is 12.7. The fourth-order valence-electron chi connectivity index (χ4n) is 2.02. The van der Waals surface area contributed by atoms with Crippen molar-refractivity contribution in [3.8, 4) is 0 Å². The number of halogens is 1. The van der Waals surface area contributed by atoms with E-state index in [9.17, 15) is 9.18 Å². The largest absolute Gasteiger partial charge is 0.444 e. The normalized spacial score (nSPS) is 16.5. The molecule has 0 saturated heterocycles. The number of amides is 1. The molecule has 0 saturated carbocycles. The lowest BCUT2D eigenvalue weighted by Gasteiger charge is -2.45. The Bertz CT molecular complexity index is 487. The summed E-state index contributed by atoms with van der Waals surface area (Å²) >= 11 is 9.18. The maximum Gasteiger partial charge on any atom is 0.412 e. The van der Waals surface area contributed by atoms with E-state index in [1.54, 1.807) is 17.0 Å². The number of rotatable bonds is 6. The molecule has 22 heavy (non-hydrogen) atoms. The van der Waals surface area contributed by atoms with Crippen LogP contribution in [0.3, 0.4) is 0 Å². The molecule has 2 atom stereocenters. The zero-order chi connectivity index (χ0) is 17.0. The highest BCUT2D eigenvalue weighted by Crippen LogP contribution is 2.36. The summed E-state index contributed by atoms with van der Waals surface area (Å²) < 4.78 is 18.3. The average Bonchev–Trinajstić information content (AvgIpc) is 2.46. The van der Waals surface area contributed by atoms with Crippen molar-refractivity contribution in [2.24, 2.45) is 0 Å². The van der Waals surface area contributed by atoms with Gasteiger partial charge in [-0.25, -0.2) is 9.18 Å². The number of thiol groups is 2. The Morgan fingerprint density at radius 1 is 1.14 bits per heavy atom. The van der Waals surface area contributed by atoms with Crippen LogP contribution in [0.15, 0.2) is 24.3 Å². The molecule has 0 spiro atoms. The van der Waals surface area contributed by atoms with Gasteiger partial charge in [-0.05, 0) is 44.4 Å². The Hall–Kier alpha value is -0.880. The number of ether oxygens (including phenoxy) is 1. The minimum atomic E-state index is -0.674. The van der Waals surface area contributed by atoms with Gasteiger partial charge in [-0.2, -0.15) is 25.3 Å². The van der Waals surface area contributed by atoms with Crippen molar-refractivity contribution in [1.29, 1.82) is 0 Å². The molecule has 124 valence electrons. The number of carbonyl (C=O) groups excluding carboxylic acids is 1. The van der Waals surface area contributed by atoms with Gasteiger partial charge in [0.1, 0.15) is 12.4 Å². The zero-order valence-corrected chi connectivity index (χ0v) is 15.3. The van der Waals surface area contributed by atoms with E-state index in [1.807, 2.05) is 27.7 Å². The molecule has 0 aliphatic heterocycles. The molecule has 0 heterocycles. The first-order valence-corrected chi connectivity index (χ1v) is 8.19. The molecule has 2 unspecified atom stereocenters. The third-order valence-corrected chi connectivity index (χ3v) is 4.79. The molecule has 0 aromatic heterocycles. The lowest BCUT2D eigenvalue weighted by molar-refractivity contribution is 0.0495. The van der Waals surface area contributed by atoms with Gasteiger partial charge in [0, 0.05) is 0 Å². The van der Waals surface area contributed by atoms with Crippen LogP contribution in [-0.2, 0) is 11.3 Å². The molecule has 6 heteroatoms. The topological polar surface area (TPSA) is 29.5 Å². The molecule has 1 amide bonds. The number of carbonyl (C=O) groups is 1. The smallest absolute Gasteiger partial charge is 0.412 e. The lowest BCUT2D eigenvalue weighted by Crippen LogP contribution is -2.55. The van der Waals surface area contributed by atoms with Crippen LogP contribution in [0, 0.1) is 5.82 Å². The molecule has 0 bridgehead atoms. The first kappa shape index (κ1) is 19.2. The predicted octanol–water partition coefficient (Wildman–Crippen LogP) is 4.88. The van der Waals surface area contributed by atoms with Crippen molar-refractivity contribution in [3.63, 3.8) is 0 Å². The van der Waals surface area contributed by atoms with Gasteiger partial charge in [-0.3, -0.25) is 4.90 Å². The van der Waals surface area contributed by atoms with Crippen LogP contribution in [0.4, 0.5) is 9.18 Å². The van der Waals surface area contributed by atoms with Gasteiger partial charge in [0.15, 0.2) is 0 Å². The van der Waals surface area contributed by atoms with Crippen molar-refractivity contribution in [3.05, 3.63) is 35.6 Å². The van der Waals surface area contributed by atoms with Gasteiger partial charge in [0.25, 0.3) is 0 Å². The standard InChI is InChI=1S/C16H24FNO2S2/c1-5-15(3,21)18(16(4,22)6-2)14(19)20-11-12-7-9-13(17)10-8-12/h7-10,21-22H,5-6,11H2,1-4H3. The summed E-state index contributed by atoms with van der Waals surface area (Å²) in [5, 5.41) is 0. The summed E-state index contributed by atoms with van der Waals surface area (Å²) in [6.45, 7) is 7.70. The van der Waals surface area contributed by atoms with Crippen LogP contribution < -0.4 is 0 Å². The van der Waals surface area contributed by atoms with E-state index >= 15 is 0 Å². The summed E-state index contributed by atoms with van der Waals surface area (Å²) in [6.07, 6.45) is 0.818. The highest BCUT2D eigenvalue weighted by molar-refractivity contribution is 7.82. The van der Waals surface area contributed by atoms with Crippen LogP contribution in [0.25, 0.3) is 0 Å². The number of benzene rings is 1. The Kier molecular flexibility index (Phi) is 6.62. The molecule has 1 aromatic rings. The molecule has 1 rings (SSSR count). The van der Waals surface area contributed by atoms with Gasteiger partial charge in [0.05, 0.1) is 9.74 Å². The first-order valence-electron chi connectivity index (χ1n) is 7.30. The molecular formula is C16H24FNO2S2. The van der Waals surface area contributed by atoms with Crippen LogP contribution in [0.5, 0.6) is 0 Å². The van der Waals surface area contributed by atoms with E-state index < -0.39 is 15.8 Å². The summed E-state index contributed by atoms with van der Waals surface area (Å²) in [5.41, 5.74) is 0.726. The fourth-order valence-corrected chi connectivity index (χ4v) is 2.70. The van der Waals surface area contributed by atoms with E-state index in [1.165, 1.54) is 12.1 Å². The monoisotopic (exact) mass is 345 g/mol. The Morgan fingerprint density at radius 2 is 1.59 bits per heavy atom. The summed E-state index contributed by atoms with van der Waals surface area (Å²) in [6, 6.07) is 5.85. The van der Waals surface area contributed by atoms with Gasteiger partial charge >= 0.3 is 6.09 Å². The molecular weight excluding hydrogens is 321 g/mol. The lowest BCUT2D eigenvalue weighted by atomic mass is 10.1. The van der Waals surface area contributed by atoms with E-state index in [2.05, 4.69) is 25.3 Å². The van der Waals surface area contributed by atoms with E-state index in [4.69, 9.17) is 4.74 Å². The molecule has 1 aromatic carbocycles. The van der Waals surface area contributed by atoms with Crippen LogP contribution in [0.1, 0.15) is 46.1 Å². The fraction of sp³-hybridized carbons (Fsp3) is 0.562. The number of hydrogen-bond acceptors (Lipinski definition) is 4. The molecule has 0 N–H and O–H groups in total. The highest BCUT2D eigenvalue weighted by atomic mass is 32.1. The summed E-state index contributed by atoms with van der Waals surface area (Å²) in [5.74, 6) is -0.320. The zero-order valence-electron chi connectivity index (χ0n) is 13.5. The van der Waals surface area contributed by atoms with E-state index in [0.717, 1.165) is 5.56 Å². The maximum absolute atomic E-state index is 12.9. The maximum atomic E-state index is 12.9. The molecule has 3 nitrogen and oxygen atoms in total. The Labute approximate surface area is 143 Å². The van der Waals surface area contributed by atoms with E-state index in [-0.39, 0.29) is 12.4 Å². The van der Waals surface area contributed by atoms with Gasteiger partial charge in [-0.15, -0.1) is 0 Å².